The molecular formula is C12H15N3O3. The van der Waals surface area contributed by atoms with Gasteiger partial charge in [0.1, 0.15) is 6.04 Å². The number of carbonyl (C=O) groups excluding carboxylic acids is 2. The van der Waals surface area contributed by atoms with Crippen LogP contribution in [-0.4, -0.2) is 36.5 Å². The summed E-state index contributed by atoms with van der Waals surface area (Å²) in [6.07, 6.45) is 2.97. The van der Waals surface area contributed by atoms with Gasteiger partial charge in [-0.05, 0) is 18.9 Å². The van der Waals surface area contributed by atoms with Gasteiger partial charge in [0.05, 0.1) is 12.7 Å². The normalized spacial score (nSPS) is 18.9. The lowest BCUT2D eigenvalue weighted by Crippen LogP contribution is -2.50. The lowest BCUT2D eigenvalue weighted by Gasteiger charge is -2.22. The van der Waals surface area contributed by atoms with Gasteiger partial charge >= 0.3 is 0 Å². The van der Waals surface area contributed by atoms with Gasteiger partial charge in [-0.3, -0.25) is 9.59 Å². The average molecular weight is 249 g/mol. The number of rotatable bonds is 3. The van der Waals surface area contributed by atoms with Crippen LogP contribution in [0.4, 0.5) is 0 Å². The monoisotopic (exact) mass is 249 g/mol. The largest absolute Gasteiger partial charge is 0.481 e. The molecule has 2 amide bonds. The quantitative estimate of drug-likeness (QED) is 0.796. The first-order valence-electron chi connectivity index (χ1n) is 5.79. The van der Waals surface area contributed by atoms with E-state index in [0.29, 0.717) is 24.4 Å². The molecule has 1 aromatic rings. The number of piperidine rings is 1. The van der Waals surface area contributed by atoms with Gasteiger partial charge in [-0.25, -0.2) is 4.98 Å². The van der Waals surface area contributed by atoms with Crippen molar-refractivity contribution in [1.82, 2.24) is 15.6 Å². The van der Waals surface area contributed by atoms with Gasteiger partial charge in [-0.1, -0.05) is 0 Å². The van der Waals surface area contributed by atoms with Crippen LogP contribution in [0.25, 0.3) is 0 Å². The molecule has 0 aliphatic carbocycles. The first-order chi connectivity index (χ1) is 8.70. The van der Waals surface area contributed by atoms with Crippen molar-refractivity contribution in [3.05, 3.63) is 23.9 Å². The topological polar surface area (TPSA) is 80.3 Å². The van der Waals surface area contributed by atoms with Gasteiger partial charge in [-0.15, -0.1) is 0 Å². The molecule has 18 heavy (non-hydrogen) atoms. The van der Waals surface area contributed by atoms with Crippen molar-refractivity contribution in [1.29, 1.82) is 0 Å². The van der Waals surface area contributed by atoms with Gasteiger partial charge in [0.15, 0.2) is 0 Å². The molecule has 0 radical (unpaired) electrons. The van der Waals surface area contributed by atoms with Crippen molar-refractivity contribution in [3.8, 4) is 5.88 Å². The Kier molecular flexibility index (Phi) is 3.76. The Hall–Kier alpha value is -2.11. The molecule has 0 saturated carbocycles. The molecule has 2 N–H and O–H groups in total. The second kappa shape index (κ2) is 5.48. The van der Waals surface area contributed by atoms with Crippen molar-refractivity contribution < 1.29 is 14.3 Å². The van der Waals surface area contributed by atoms with E-state index in [0.717, 1.165) is 6.42 Å². The Morgan fingerprint density at radius 1 is 1.56 bits per heavy atom. The molecule has 0 aromatic carbocycles. The Morgan fingerprint density at radius 3 is 3.00 bits per heavy atom. The number of hydrogen-bond acceptors (Lipinski definition) is 4. The summed E-state index contributed by atoms with van der Waals surface area (Å²) in [7, 11) is 1.51. The maximum absolute atomic E-state index is 11.9. The minimum atomic E-state index is -0.451. The summed E-state index contributed by atoms with van der Waals surface area (Å²) in [6, 6.07) is 2.77. The summed E-state index contributed by atoms with van der Waals surface area (Å²) in [6.45, 7) is 0.676. The first-order valence-corrected chi connectivity index (χ1v) is 5.79. The molecule has 0 bridgehead atoms. The van der Waals surface area contributed by atoms with Crippen LogP contribution in [0.5, 0.6) is 5.88 Å². The minimum absolute atomic E-state index is 0.129. The highest BCUT2D eigenvalue weighted by Crippen LogP contribution is 2.08. The van der Waals surface area contributed by atoms with Crippen molar-refractivity contribution in [2.45, 2.75) is 18.9 Å². The number of amides is 2. The third kappa shape index (κ3) is 2.77. The Morgan fingerprint density at radius 2 is 2.39 bits per heavy atom. The van der Waals surface area contributed by atoms with E-state index in [9.17, 15) is 9.59 Å². The highest BCUT2D eigenvalue weighted by atomic mass is 16.5. The highest BCUT2D eigenvalue weighted by molar-refractivity contribution is 5.97. The number of carbonyl (C=O) groups is 2. The van der Waals surface area contributed by atoms with E-state index in [4.69, 9.17) is 4.74 Å². The van der Waals surface area contributed by atoms with Crippen molar-refractivity contribution >= 4 is 11.8 Å². The molecule has 1 saturated heterocycles. The van der Waals surface area contributed by atoms with E-state index in [-0.39, 0.29) is 11.8 Å². The third-order valence-electron chi connectivity index (χ3n) is 2.80. The number of pyridine rings is 1. The Bertz CT molecular complexity index is 444. The van der Waals surface area contributed by atoms with Crippen LogP contribution in [0, 0.1) is 0 Å². The SMILES string of the molecule is COc1ccc(C(=O)N[C@@H]2CCCNC2=O)cn1. The van der Waals surface area contributed by atoms with E-state index >= 15 is 0 Å². The maximum Gasteiger partial charge on any atom is 0.253 e. The zero-order chi connectivity index (χ0) is 13.0. The van der Waals surface area contributed by atoms with Crippen LogP contribution < -0.4 is 15.4 Å². The zero-order valence-corrected chi connectivity index (χ0v) is 10.1. The van der Waals surface area contributed by atoms with E-state index < -0.39 is 6.04 Å². The molecule has 2 heterocycles. The van der Waals surface area contributed by atoms with Crippen LogP contribution >= 0.6 is 0 Å². The minimum Gasteiger partial charge on any atom is -0.481 e. The van der Waals surface area contributed by atoms with Crippen molar-refractivity contribution in [2.24, 2.45) is 0 Å². The standard InChI is InChI=1S/C12H15N3O3/c1-18-10-5-4-8(7-14-10)11(16)15-9-3-2-6-13-12(9)17/h4-5,7,9H,2-3,6H2,1H3,(H,13,17)(H,15,16)/t9-/m1/s1. The maximum atomic E-state index is 11.9. The predicted octanol–water partition coefficient (Wildman–Crippen LogP) is 0.0986. The molecule has 2 rings (SSSR count). The second-order valence-electron chi connectivity index (χ2n) is 4.05. The van der Waals surface area contributed by atoms with Gasteiger partial charge in [0.2, 0.25) is 11.8 Å². The van der Waals surface area contributed by atoms with E-state index in [1.165, 1.54) is 13.3 Å². The van der Waals surface area contributed by atoms with Crippen LogP contribution in [0.15, 0.2) is 18.3 Å². The average Bonchev–Trinajstić information content (AvgIpc) is 2.41. The molecule has 0 unspecified atom stereocenters. The van der Waals surface area contributed by atoms with Gasteiger partial charge in [0, 0.05) is 18.8 Å². The van der Waals surface area contributed by atoms with Crippen molar-refractivity contribution in [3.63, 3.8) is 0 Å². The lowest BCUT2D eigenvalue weighted by atomic mass is 10.1. The smallest absolute Gasteiger partial charge is 0.253 e. The van der Waals surface area contributed by atoms with E-state index in [1.54, 1.807) is 12.1 Å². The molecule has 6 heteroatoms. The Labute approximate surface area is 105 Å². The highest BCUT2D eigenvalue weighted by Gasteiger charge is 2.23. The predicted molar refractivity (Wildman–Crippen MR) is 64.3 cm³/mol. The summed E-state index contributed by atoms with van der Waals surface area (Å²) < 4.78 is 4.91. The fourth-order valence-corrected chi connectivity index (χ4v) is 1.79. The van der Waals surface area contributed by atoms with Crippen LogP contribution in [0.3, 0.4) is 0 Å². The van der Waals surface area contributed by atoms with Crippen LogP contribution in [0.1, 0.15) is 23.2 Å². The molecule has 1 aliphatic rings. The summed E-state index contributed by atoms with van der Waals surface area (Å²) in [5, 5.41) is 5.41. The lowest BCUT2D eigenvalue weighted by molar-refractivity contribution is -0.124. The van der Waals surface area contributed by atoms with Crippen LogP contribution in [-0.2, 0) is 4.79 Å². The van der Waals surface area contributed by atoms with Crippen LogP contribution in [0.2, 0.25) is 0 Å². The first kappa shape index (κ1) is 12.3. The third-order valence-corrected chi connectivity index (χ3v) is 2.80. The molecule has 1 aliphatic heterocycles. The number of nitrogens with one attached hydrogen (secondary N) is 2. The number of methoxy groups -OCH3 is 1. The van der Waals surface area contributed by atoms with E-state index in [1.807, 2.05) is 0 Å². The molecular weight excluding hydrogens is 234 g/mol. The fourth-order valence-electron chi connectivity index (χ4n) is 1.79. The number of hydrogen-bond donors (Lipinski definition) is 2. The molecule has 1 atom stereocenters. The fraction of sp³-hybridized carbons (Fsp3) is 0.417. The van der Waals surface area contributed by atoms with Gasteiger partial charge in [-0.2, -0.15) is 0 Å². The van der Waals surface area contributed by atoms with Gasteiger partial charge < -0.3 is 15.4 Å². The van der Waals surface area contributed by atoms with E-state index in [2.05, 4.69) is 15.6 Å². The zero-order valence-electron chi connectivity index (χ0n) is 10.1. The summed E-state index contributed by atoms with van der Waals surface area (Å²) in [5.41, 5.74) is 0.411. The summed E-state index contributed by atoms with van der Waals surface area (Å²) in [4.78, 5) is 27.3. The summed E-state index contributed by atoms with van der Waals surface area (Å²) in [5.74, 6) is 0.0187. The molecule has 1 fully saturated rings. The number of ether oxygens (including phenoxy) is 1. The number of nitrogens with zero attached hydrogens (tertiary/aromatic N) is 1. The van der Waals surface area contributed by atoms with Gasteiger partial charge in [0.25, 0.3) is 5.91 Å². The Balaban J connectivity index is 2.00. The summed E-state index contributed by atoms with van der Waals surface area (Å²) >= 11 is 0. The second-order valence-corrected chi connectivity index (χ2v) is 4.05. The molecule has 96 valence electrons. The molecule has 6 nitrogen and oxygen atoms in total. The molecule has 1 aromatic heterocycles. The van der Waals surface area contributed by atoms with Crippen molar-refractivity contribution in [2.75, 3.05) is 13.7 Å². The number of aromatic nitrogens is 1. The molecule has 0 spiro atoms.